The van der Waals surface area contributed by atoms with E-state index in [1.165, 1.54) is 6.07 Å². The Morgan fingerprint density at radius 1 is 1.67 bits per heavy atom. The lowest BCUT2D eigenvalue weighted by molar-refractivity contribution is 0.115. The number of nitrogens with one attached hydrogen (secondary N) is 2. The van der Waals surface area contributed by atoms with E-state index in [0.29, 0.717) is 38.5 Å². The number of nitrogens with zero attached hydrogens (tertiary/aromatic N) is 2. The predicted octanol–water partition coefficient (Wildman–Crippen LogP) is -0.285. The number of rotatable bonds is 5. The summed E-state index contributed by atoms with van der Waals surface area (Å²) in [5.41, 5.74) is 5.28. The molecule has 1 atom stereocenters. The lowest BCUT2D eigenvalue weighted by Gasteiger charge is -2.16. The molecule has 8 heteroatoms. The number of anilines is 1. The topological polar surface area (TPSA) is 113 Å². The van der Waals surface area contributed by atoms with Gasteiger partial charge in [0.25, 0.3) is 5.56 Å². The average Bonchev–Trinajstić information content (AvgIpc) is 2.87. The summed E-state index contributed by atoms with van der Waals surface area (Å²) in [6.07, 6.45) is 1.21. The minimum Gasteiger partial charge on any atom is -0.450 e. The molecule has 1 aromatic heterocycles. The zero-order valence-electron chi connectivity index (χ0n) is 12.1. The summed E-state index contributed by atoms with van der Waals surface area (Å²) in [5, 5.41) is 3.34. The summed E-state index contributed by atoms with van der Waals surface area (Å²) in [5.74, 6) is 0.788. The molecule has 0 unspecified atom stereocenters. The molecule has 1 aliphatic rings. The van der Waals surface area contributed by atoms with Crippen LogP contribution < -0.4 is 16.6 Å². The van der Waals surface area contributed by atoms with Crippen molar-refractivity contribution in [3.8, 4) is 0 Å². The van der Waals surface area contributed by atoms with Gasteiger partial charge in [-0.2, -0.15) is 0 Å². The van der Waals surface area contributed by atoms with Gasteiger partial charge in [-0.1, -0.05) is 0 Å². The Balaban J connectivity index is 1.74. The van der Waals surface area contributed by atoms with E-state index in [0.717, 1.165) is 6.42 Å². The Labute approximate surface area is 122 Å². The lowest BCUT2D eigenvalue weighted by atomic mass is 10.2. The molecular weight excluding hydrogens is 274 g/mol. The van der Waals surface area contributed by atoms with Crippen LogP contribution in [-0.4, -0.2) is 53.2 Å². The Hall–Kier alpha value is -2.09. The number of nitrogens with two attached hydrogens (primary N) is 1. The Morgan fingerprint density at radius 3 is 3.19 bits per heavy atom. The first-order valence-electron chi connectivity index (χ1n) is 7.09. The average molecular weight is 295 g/mol. The zero-order valence-corrected chi connectivity index (χ0v) is 12.1. The predicted molar refractivity (Wildman–Crippen MR) is 78.0 cm³/mol. The van der Waals surface area contributed by atoms with Crippen molar-refractivity contribution in [1.82, 2.24) is 20.2 Å². The van der Waals surface area contributed by atoms with Crippen molar-refractivity contribution >= 4 is 11.9 Å². The van der Waals surface area contributed by atoms with Crippen LogP contribution in [0.1, 0.15) is 19.2 Å². The van der Waals surface area contributed by atoms with Crippen LogP contribution in [0.4, 0.5) is 10.6 Å². The molecule has 2 rings (SSSR count). The van der Waals surface area contributed by atoms with Gasteiger partial charge >= 0.3 is 6.09 Å². The van der Waals surface area contributed by atoms with Crippen molar-refractivity contribution in [2.75, 3.05) is 32.0 Å². The van der Waals surface area contributed by atoms with Crippen LogP contribution in [0.3, 0.4) is 0 Å². The van der Waals surface area contributed by atoms with Gasteiger partial charge in [-0.25, -0.2) is 9.78 Å². The van der Waals surface area contributed by atoms with Gasteiger partial charge in [0.05, 0.1) is 6.61 Å². The smallest absolute Gasteiger partial charge is 0.409 e. The van der Waals surface area contributed by atoms with E-state index >= 15 is 0 Å². The molecule has 1 amide bonds. The molecule has 116 valence electrons. The van der Waals surface area contributed by atoms with E-state index in [4.69, 9.17) is 10.5 Å². The quantitative estimate of drug-likeness (QED) is 0.688. The molecule has 1 aromatic rings. The number of likely N-dealkylation sites (tertiary alicyclic amines) is 1. The van der Waals surface area contributed by atoms with Crippen LogP contribution >= 0.6 is 0 Å². The summed E-state index contributed by atoms with van der Waals surface area (Å²) in [6, 6.07) is 1.49. The van der Waals surface area contributed by atoms with Gasteiger partial charge in [-0.15, -0.1) is 0 Å². The van der Waals surface area contributed by atoms with E-state index in [-0.39, 0.29) is 23.5 Å². The third-order valence-corrected chi connectivity index (χ3v) is 3.32. The van der Waals surface area contributed by atoms with Crippen LogP contribution in [0.2, 0.25) is 0 Å². The van der Waals surface area contributed by atoms with Gasteiger partial charge in [0, 0.05) is 38.2 Å². The van der Waals surface area contributed by atoms with E-state index in [9.17, 15) is 9.59 Å². The maximum absolute atomic E-state index is 11.6. The highest BCUT2D eigenvalue weighted by Gasteiger charge is 2.26. The van der Waals surface area contributed by atoms with E-state index < -0.39 is 0 Å². The molecule has 0 aromatic carbocycles. The normalized spacial score (nSPS) is 18.0. The Bertz CT molecular complexity index is 545. The minimum absolute atomic E-state index is 0.225. The molecule has 4 N–H and O–H groups in total. The third-order valence-electron chi connectivity index (χ3n) is 3.32. The monoisotopic (exact) mass is 295 g/mol. The van der Waals surface area contributed by atoms with Crippen molar-refractivity contribution in [2.45, 2.75) is 25.8 Å². The molecule has 1 saturated heterocycles. The molecule has 21 heavy (non-hydrogen) atoms. The highest BCUT2D eigenvalue weighted by Crippen LogP contribution is 2.10. The van der Waals surface area contributed by atoms with Gasteiger partial charge in [0.1, 0.15) is 11.6 Å². The van der Waals surface area contributed by atoms with Crippen LogP contribution in [0, 0.1) is 0 Å². The van der Waals surface area contributed by atoms with Crippen molar-refractivity contribution in [3.05, 3.63) is 22.2 Å². The number of amides is 1. The number of hydrogen-bond acceptors (Lipinski definition) is 6. The van der Waals surface area contributed by atoms with Crippen molar-refractivity contribution < 1.29 is 9.53 Å². The largest absolute Gasteiger partial charge is 0.450 e. The van der Waals surface area contributed by atoms with Crippen molar-refractivity contribution in [3.63, 3.8) is 0 Å². The number of carbonyl (C=O) groups excluding carboxylic acids is 1. The maximum Gasteiger partial charge on any atom is 0.409 e. The minimum atomic E-state index is -0.261. The molecule has 8 nitrogen and oxygen atoms in total. The number of aromatic nitrogens is 2. The number of hydrogen-bond donors (Lipinski definition) is 3. The molecule has 0 bridgehead atoms. The van der Waals surface area contributed by atoms with E-state index in [2.05, 4.69) is 15.3 Å². The van der Waals surface area contributed by atoms with Crippen molar-refractivity contribution in [2.24, 2.45) is 0 Å². The molecule has 0 spiro atoms. The van der Waals surface area contributed by atoms with E-state index in [1.807, 2.05) is 0 Å². The first-order chi connectivity index (χ1) is 10.1. The maximum atomic E-state index is 11.6. The highest BCUT2D eigenvalue weighted by atomic mass is 16.6. The van der Waals surface area contributed by atoms with Crippen LogP contribution in [0.25, 0.3) is 0 Å². The van der Waals surface area contributed by atoms with Crippen LogP contribution in [0.15, 0.2) is 10.9 Å². The van der Waals surface area contributed by atoms with Crippen molar-refractivity contribution in [1.29, 1.82) is 0 Å². The molecule has 1 aliphatic heterocycles. The standard InChI is InChI=1S/C13H21N5O3/c1-2-21-13(20)18-6-4-9(8-18)15-5-3-11-16-10(14)7-12(19)17-11/h7,9,15H,2-6,8H2,1H3,(H3,14,16,17,19)/t9-/m1/s1. The first-order valence-corrected chi connectivity index (χ1v) is 7.09. The molecule has 0 saturated carbocycles. The van der Waals surface area contributed by atoms with Gasteiger partial charge < -0.3 is 25.7 Å². The fourth-order valence-electron chi connectivity index (χ4n) is 2.35. The fourth-order valence-corrected chi connectivity index (χ4v) is 2.35. The second-order valence-corrected chi connectivity index (χ2v) is 4.95. The van der Waals surface area contributed by atoms with Gasteiger partial charge in [-0.3, -0.25) is 4.79 Å². The van der Waals surface area contributed by atoms with Crippen LogP contribution in [-0.2, 0) is 11.2 Å². The summed E-state index contributed by atoms with van der Waals surface area (Å²) in [6.45, 7) is 4.18. The molecule has 0 aliphatic carbocycles. The molecule has 2 heterocycles. The van der Waals surface area contributed by atoms with E-state index in [1.54, 1.807) is 11.8 Å². The van der Waals surface area contributed by atoms with Gasteiger partial charge in [0.2, 0.25) is 0 Å². The number of aromatic amines is 1. The molecular formula is C13H21N5O3. The van der Waals surface area contributed by atoms with Gasteiger partial charge in [0.15, 0.2) is 0 Å². The molecule has 1 fully saturated rings. The Morgan fingerprint density at radius 2 is 2.48 bits per heavy atom. The Kier molecular flexibility index (Phi) is 5.15. The zero-order chi connectivity index (χ0) is 15.2. The number of carbonyl (C=O) groups is 1. The number of nitrogen functional groups attached to an aromatic ring is 1. The molecule has 0 radical (unpaired) electrons. The SMILES string of the molecule is CCOC(=O)N1CC[C@@H](NCCc2nc(N)cc(=O)[nH]2)C1. The summed E-state index contributed by atoms with van der Waals surface area (Å²) in [7, 11) is 0. The second kappa shape index (κ2) is 7.07. The third kappa shape index (κ3) is 4.45. The fraction of sp³-hybridized carbons (Fsp3) is 0.615. The van der Waals surface area contributed by atoms with Crippen LogP contribution in [0.5, 0.6) is 0 Å². The number of ether oxygens (including phenoxy) is 1. The number of H-pyrrole nitrogens is 1. The second-order valence-electron chi connectivity index (χ2n) is 4.95. The summed E-state index contributed by atoms with van der Waals surface area (Å²) < 4.78 is 4.97. The lowest BCUT2D eigenvalue weighted by Crippen LogP contribution is -2.36. The van der Waals surface area contributed by atoms with Gasteiger partial charge in [-0.05, 0) is 13.3 Å². The highest BCUT2D eigenvalue weighted by molar-refractivity contribution is 5.68. The summed E-state index contributed by atoms with van der Waals surface area (Å²) >= 11 is 0. The summed E-state index contributed by atoms with van der Waals surface area (Å²) in [4.78, 5) is 31.2. The first kappa shape index (κ1) is 15.3.